The molecule has 0 unspecified atom stereocenters. The largest absolute Gasteiger partial charge is 0.461 e. The van der Waals surface area contributed by atoms with E-state index in [0.29, 0.717) is 18.1 Å². The Labute approximate surface area is 89.1 Å². The second-order valence-corrected chi connectivity index (χ2v) is 2.38. The first-order valence-corrected chi connectivity index (χ1v) is 4.10. The van der Waals surface area contributed by atoms with Crippen molar-refractivity contribution in [1.82, 2.24) is 4.98 Å². The lowest BCUT2D eigenvalue weighted by molar-refractivity contribution is 0.0519. The third-order valence-corrected chi connectivity index (χ3v) is 1.49. The first kappa shape index (κ1) is 12.7. The van der Waals surface area contributed by atoms with Crippen LogP contribution in [0.15, 0.2) is 18.2 Å². The van der Waals surface area contributed by atoms with Crippen molar-refractivity contribution < 1.29 is 9.53 Å². The van der Waals surface area contributed by atoms with Crippen molar-refractivity contribution in [2.24, 2.45) is 0 Å². The van der Waals surface area contributed by atoms with Crippen molar-refractivity contribution >= 4 is 24.2 Å². The van der Waals surface area contributed by atoms with Crippen molar-refractivity contribution in [2.75, 3.05) is 19.0 Å². The minimum atomic E-state index is -0.389. The maximum atomic E-state index is 11.2. The van der Waals surface area contributed by atoms with E-state index in [-0.39, 0.29) is 18.4 Å². The van der Waals surface area contributed by atoms with Gasteiger partial charge < -0.3 is 10.1 Å². The molecule has 4 nitrogen and oxygen atoms in total. The number of nitrogens with one attached hydrogen (secondary N) is 1. The smallest absolute Gasteiger partial charge is 0.356 e. The molecule has 0 radical (unpaired) electrons. The van der Waals surface area contributed by atoms with Crippen LogP contribution in [0.4, 0.5) is 5.82 Å². The third kappa shape index (κ3) is 3.22. The lowest BCUT2D eigenvalue weighted by Gasteiger charge is -2.02. The van der Waals surface area contributed by atoms with Gasteiger partial charge in [-0.05, 0) is 19.1 Å². The van der Waals surface area contributed by atoms with Crippen molar-refractivity contribution in [3.63, 3.8) is 0 Å². The highest BCUT2D eigenvalue weighted by molar-refractivity contribution is 5.87. The van der Waals surface area contributed by atoms with Crippen molar-refractivity contribution in [2.45, 2.75) is 6.92 Å². The Morgan fingerprint density at radius 2 is 2.29 bits per heavy atom. The summed E-state index contributed by atoms with van der Waals surface area (Å²) in [4.78, 5) is 15.2. The van der Waals surface area contributed by atoms with Gasteiger partial charge in [-0.25, -0.2) is 9.78 Å². The number of rotatable bonds is 3. The van der Waals surface area contributed by atoms with Gasteiger partial charge in [-0.3, -0.25) is 0 Å². The molecule has 14 heavy (non-hydrogen) atoms. The molecule has 0 fully saturated rings. The predicted molar refractivity (Wildman–Crippen MR) is 57.0 cm³/mol. The fourth-order valence-electron chi connectivity index (χ4n) is 0.893. The Kier molecular flexibility index (Phi) is 5.64. The average Bonchev–Trinajstić information content (AvgIpc) is 2.18. The first-order valence-electron chi connectivity index (χ1n) is 4.10. The third-order valence-electron chi connectivity index (χ3n) is 1.49. The Morgan fingerprint density at radius 3 is 2.86 bits per heavy atom. The topological polar surface area (TPSA) is 51.2 Å². The summed E-state index contributed by atoms with van der Waals surface area (Å²) in [5.74, 6) is 0.269. The number of aromatic nitrogens is 1. The van der Waals surface area contributed by atoms with Crippen molar-refractivity contribution in [1.29, 1.82) is 0 Å². The number of halogens is 1. The van der Waals surface area contributed by atoms with Crippen LogP contribution >= 0.6 is 12.4 Å². The molecule has 1 N–H and O–H groups in total. The Morgan fingerprint density at radius 1 is 1.57 bits per heavy atom. The minimum absolute atomic E-state index is 0. The number of anilines is 1. The summed E-state index contributed by atoms with van der Waals surface area (Å²) in [7, 11) is 1.75. The number of nitrogens with zero attached hydrogens (tertiary/aromatic N) is 1. The normalized spacial score (nSPS) is 8.71. The SMILES string of the molecule is CCOC(=O)c1cccc(NC)n1.Cl. The number of hydrogen-bond donors (Lipinski definition) is 1. The average molecular weight is 217 g/mol. The molecule has 5 heteroatoms. The van der Waals surface area contributed by atoms with Gasteiger partial charge in [-0.1, -0.05) is 6.07 Å². The van der Waals surface area contributed by atoms with Gasteiger partial charge in [0.15, 0.2) is 5.69 Å². The van der Waals surface area contributed by atoms with Crippen LogP contribution in [0.3, 0.4) is 0 Å². The molecule has 0 spiro atoms. The summed E-state index contributed by atoms with van der Waals surface area (Å²) in [6, 6.07) is 5.16. The fraction of sp³-hybridized carbons (Fsp3) is 0.333. The number of hydrogen-bond acceptors (Lipinski definition) is 4. The number of ether oxygens (including phenoxy) is 1. The van der Waals surface area contributed by atoms with Gasteiger partial charge in [0.2, 0.25) is 0 Å². The molecule has 1 heterocycles. The van der Waals surface area contributed by atoms with Gasteiger partial charge >= 0.3 is 5.97 Å². The van der Waals surface area contributed by atoms with Gasteiger partial charge in [0.05, 0.1) is 6.61 Å². The first-order chi connectivity index (χ1) is 6.27. The lowest BCUT2D eigenvalue weighted by Crippen LogP contribution is -2.07. The summed E-state index contributed by atoms with van der Waals surface area (Å²) in [6.07, 6.45) is 0. The molecular formula is C9H13ClN2O2. The molecule has 0 aromatic carbocycles. The van der Waals surface area contributed by atoms with Crippen LogP contribution < -0.4 is 5.32 Å². The summed E-state index contributed by atoms with van der Waals surface area (Å²) in [6.45, 7) is 2.13. The zero-order valence-electron chi connectivity index (χ0n) is 8.11. The van der Waals surface area contributed by atoms with E-state index in [9.17, 15) is 4.79 Å². The second-order valence-electron chi connectivity index (χ2n) is 2.38. The zero-order valence-corrected chi connectivity index (χ0v) is 8.93. The van der Waals surface area contributed by atoms with Crippen molar-refractivity contribution in [3.8, 4) is 0 Å². The van der Waals surface area contributed by atoms with Crippen LogP contribution in [0.5, 0.6) is 0 Å². The molecule has 0 aliphatic heterocycles. The Bertz CT molecular complexity index is 305. The van der Waals surface area contributed by atoms with E-state index in [1.807, 2.05) is 0 Å². The summed E-state index contributed by atoms with van der Waals surface area (Å²) in [5.41, 5.74) is 0.328. The highest BCUT2D eigenvalue weighted by atomic mass is 35.5. The van der Waals surface area contributed by atoms with E-state index < -0.39 is 0 Å². The molecular weight excluding hydrogens is 204 g/mol. The van der Waals surface area contributed by atoms with Crippen molar-refractivity contribution in [3.05, 3.63) is 23.9 Å². The molecule has 0 amide bonds. The van der Waals surface area contributed by atoms with Gasteiger partial charge in [-0.15, -0.1) is 12.4 Å². The molecule has 0 bridgehead atoms. The maximum Gasteiger partial charge on any atom is 0.356 e. The number of esters is 1. The van der Waals surface area contributed by atoms with Gasteiger partial charge in [0.25, 0.3) is 0 Å². The van der Waals surface area contributed by atoms with Crippen LogP contribution in [-0.2, 0) is 4.74 Å². The van der Waals surface area contributed by atoms with Crippen LogP contribution in [0.1, 0.15) is 17.4 Å². The molecule has 0 aliphatic rings. The molecule has 0 saturated heterocycles. The summed E-state index contributed by atoms with van der Waals surface area (Å²) >= 11 is 0. The van der Waals surface area contributed by atoms with E-state index >= 15 is 0 Å². The second kappa shape index (κ2) is 6.21. The van der Waals surface area contributed by atoms with Crippen LogP contribution in [0.2, 0.25) is 0 Å². The van der Waals surface area contributed by atoms with Gasteiger partial charge in [-0.2, -0.15) is 0 Å². The van der Waals surface area contributed by atoms with Gasteiger partial charge in [0, 0.05) is 7.05 Å². The van der Waals surface area contributed by atoms with E-state index in [0.717, 1.165) is 0 Å². The molecule has 1 rings (SSSR count). The zero-order chi connectivity index (χ0) is 9.68. The predicted octanol–water partition coefficient (Wildman–Crippen LogP) is 1.72. The summed E-state index contributed by atoms with van der Waals surface area (Å²) < 4.78 is 4.80. The minimum Gasteiger partial charge on any atom is -0.461 e. The highest BCUT2D eigenvalue weighted by Gasteiger charge is 2.07. The molecule has 0 saturated carbocycles. The van der Waals surface area contributed by atoms with E-state index in [4.69, 9.17) is 4.74 Å². The van der Waals surface area contributed by atoms with E-state index in [2.05, 4.69) is 10.3 Å². The fourth-order valence-corrected chi connectivity index (χ4v) is 0.893. The standard InChI is InChI=1S/C9H12N2O2.ClH/c1-3-13-9(12)7-5-4-6-8(10-2)11-7;/h4-6H,3H2,1-2H3,(H,10,11);1H. The van der Waals surface area contributed by atoms with Crippen LogP contribution in [0.25, 0.3) is 0 Å². The van der Waals surface area contributed by atoms with Gasteiger partial charge in [0.1, 0.15) is 5.82 Å². The van der Waals surface area contributed by atoms with Crippen LogP contribution in [-0.4, -0.2) is 24.6 Å². The number of carbonyl (C=O) groups is 1. The lowest BCUT2D eigenvalue weighted by atomic mass is 10.3. The number of pyridine rings is 1. The van der Waals surface area contributed by atoms with E-state index in [1.165, 1.54) is 0 Å². The molecule has 78 valence electrons. The molecule has 1 aromatic rings. The quantitative estimate of drug-likeness (QED) is 0.782. The highest BCUT2D eigenvalue weighted by Crippen LogP contribution is 2.04. The molecule has 0 atom stereocenters. The van der Waals surface area contributed by atoms with E-state index in [1.54, 1.807) is 32.2 Å². The monoisotopic (exact) mass is 216 g/mol. The molecule has 1 aromatic heterocycles. The number of carbonyl (C=O) groups excluding carboxylic acids is 1. The van der Waals surface area contributed by atoms with Crippen LogP contribution in [0, 0.1) is 0 Å². The summed E-state index contributed by atoms with van der Waals surface area (Å²) in [5, 5.41) is 2.85. The Hall–Kier alpha value is -1.29. The molecule has 0 aliphatic carbocycles. The maximum absolute atomic E-state index is 11.2. The Balaban J connectivity index is 0.00000169.